The Bertz CT molecular complexity index is 1730. The van der Waals surface area contributed by atoms with Crippen molar-refractivity contribution in [1.29, 1.82) is 0 Å². The molecule has 50 heavy (non-hydrogen) atoms. The number of likely N-dealkylation sites (N-methyl/N-ethyl adjacent to an activating group) is 1. The number of aromatic nitrogens is 1. The van der Waals surface area contributed by atoms with Gasteiger partial charge in [0.2, 0.25) is 0 Å². The monoisotopic (exact) mass is 727 g/mol. The Balaban J connectivity index is 1.15. The predicted molar refractivity (Wildman–Crippen MR) is 203 cm³/mol. The van der Waals surface area contributed by atoms with Gasteiger partial charge in [-0.1, -0.05) is 35.9 Å². The van der Waals surface area contributed by atoms with Gasteiger partial charge in [0.25, 0.3) is 0 Å². The van der Waals surface area contributed by atoms with E-state index in [1.165, 1.54) is 12.5 Å². The minimum atomic E-state index is -4.44. The first-order valence-corrected chi connectivity index (χ1v) is 17.8. The van der Waals surface area contributed by atoms with Gasteiger partial charge in [-0.3, -0.25) is 9.89 Å². The lowest BCUT2D eigenvalue weighted by molar-refractivity contribution is -0.138. The topological polar surface area (TPSA) is 69.4 Å². The van der Waals surface area contributed by atoms with Gasteiger partial charge in [-0.15, -0.1) is 9.24 Å². The maximum atomic E-state index is 14.0. The molecule has 0 spiro atoms. The summed E-state index contributed by atoms with van der Waals surface area (Å²) in [5.74, 6) is 1.21. The van der Waals surface area contributed by atoms with Gasteiger partial charge >= 0.3 is 6.18 Å². The zero-order valence-electron chi connectivity index (χ0n) is 28.8. The average molecular weight is 728 g/mol. The van der Waals surface area contributed by atoms with Gasteiger partial charge in [0, 0.05) is 69.6 Å². The number of piperazine rings is 1. The maximum absolute atomic E-state index is 14.0. The summed E-state index contributed by atoms with van der Waals surface area (Å²) in [7, 11) is 4.78. The molecule has 8 nitrogen and oxygen atoms in total. The molecule has 13 heteroatoms. The summed E-state index contributed by atoms with van der Waals surface area (Å²) in [6.45, 7) is 9.77. The highest BCUT2D eigenvalue weighted by molar-refractivity contribution is 7.27. The maximum Gasteiger partial charge on any atom is 0.418 e. The molecule has 2 aliphatic rings. The number of aliphatic imine (C=N–C) groups is 2. The molecule has 5 rings (SSSR count). The van der Waals surface area contributed by atoms with Gasteiger partial charge in [0.05, 0.1) is 16.6 Å². The van der Waals surface area contributed by atoms with Crippen molar-refractivity contribution in [3.8, 4) is 5.75 Å². The van der Waals surface area contributed by atoms with Gasteiger partial charge in [0.15, 0.2) is 0 Å². The molecule has 268 valence electrons. The second kappa shape index (κ2) is 17.6. The molecular formula is C37H46ClF3N7OP. The molecule has 1 aliphatic carbocycles. The third kappa shape index (κ3) is 11.0. The molecule has 2 heterocycles. The van der Waals surface area contributed by atoms with E-state index in [-0.39, 0.29) is 18.2 Å². The van der Waals surface area contributed by atoms with Crippen LogP contribution in [0.5, 0.6) is 5.75 Å². The number of allylic oxidation sites excluding steroid dienone is 3. The zero-order chi connectivity index (χ0) is 35.7. The fourth-order valence-electron chi connectivity index (χ4n) is 5.93. The van der Waals surface area contributed by atoms with Crippen molar-refractivity contribution in [2.45, 2.75) is 52.1 Å². The lowest BCUT2D eigenvalue weighted by Gasteiger charge is -2.32. The minimum Gasteiger partial charge on any atom is -0.487 e. The van der Waals surface area contributed by atoms with Crippen LogP contribution in [0.15, 0.2) is 82.6 Å². The molecule has 1 saturated heterocycles. The van der Waals surface area contributed by atoms with E-state index < -0.39 is 11.7 Å². The molecule has 2 atom stereocenters. The summed E-state index contributed by atoms with van der Waals surface area (Å²) in [4.78, 5) is 13.7. The molecule has 2 aromatic carbocycles. The van der Waals surface area contributed by atoms with Crippen LogP contribution in [0.1, 0.15) is 43.4 Å². The van der Waals surface area contributed by atoms with Crippen molar-refractivity contribution < 1.29 is 17.9 Å². The van der Waals surface area contributed by atoms with Crippen molar-refractivity contribution in [2.24, 2.45) is 9.98 Å². The Kier molecular flexibility index (Phi) is 13.3. The fourth-order valence-corrected chi connectivity index (χ4v) is 6.49. The van der Waals surface area contributed by atoms with Crippen LogP contribution in [0.2, 0.25) is 5.02 Å². The van der Waals surface area contributed by atoms with Crippen LogP contribution in [0, 0.1) is 0 Å². The summed E-state index contributed by atoms with van der Waals surface area (Å²) in [5.41, 5.74) is 3.10. The summed E-state index contributed by atoms with van der Waals surface area (Å²) < 4.78 is 49.6. The predicted octanol–water partition coefficient (Wildman–Crippen LogP) is 7.09. The number of rotatable bonds is 12. The van der Waals surface area contributed by atoms with Crippen LogP contribution in [-0.4, -0.2) is 78.9 Å². The smallest absolute Gasteiger partial charge is 0.418 e. The number of halogens is 4. The van der Waals surface area contributed by atoms with Crippen LogP contribution in [0.25, 0.3) is 5.70 Å². The number of hydrogen-bond acceptors (Lipinski definition) is 5. The summed E-state index contributed by atoms with van der Waals surface area (Å²) in [6.07, 6.45) is 5.15. The van der Waals surface area contributed by atoms with Crippen LogP contribution < -0.4 is 20.7 Å². The van der Waals surface area contributed by atoms with Crippen LogP contribution >= 0.6 is 20.8 Å². The first kappa shape index (κ1) is 37.8. The van der Waals surface area contributed by atoms with E-state index in [1.54, 1.807) is 16.8 Å². The summed E-state index contributed by atoms with van der Waals surface area (Å²) in [6, 6.07) is 13.4. The molecule has 1 aliphatic heterocycles. The second-order valence-corrected chi connectivity index (χ2v) is 13.9. The van der Waals surface area contributed by atoms with E-state index in [0.29, 0.717) is 41.9 Å². The number of amidine groups is 1. The number of benzene rings is 2. The van der Waals surface area contributed by atoms with Crippen LogP contribution in [-0.2, 0) is 19.3 Å². The zero-order valence-corrected chi connectivity index (χ0v) is 30.7. The number of nitrogens with one attached hydrogen (secondary N) is 2. The standard InChI is InChI=1S/C37H46ClF3N7OP/c1-26-18-31(48-22-29(33(23-48)37(39,40)41)21-42-12-13-47-16-14-46(3)15-17-47)7-5-9-35(26)44-25-43-27(2)45-30-10-11-36(34(38)20-30)49-24-28-6-4-8-32(50)19-28/h4,6-8,10-11,18-20,22-23,25,35,42H,5,9,12-17,21,24,50H2,1-3H3,(H,43,44,45). The van der Waals surface area contributed by atoms with Gasteiger partial charge < -0.3 is 24.8 Å². The van der Waals surface area contributed by atoms with E-state index in [9.17, 15) is 13.2 Å². The van der Waals surface area contributed by atoms with Gasteiger partial charge in [-0.2, -0.15) is 13.2 Å². The number of ether oxygens (including phenoxy) is 1. The Hall–Kier alpha value is -3.47. The highest BCUT2D eigenvalue weighted by atomic mass is 35.5. The molecule has 1 fully saturated rings. The highest BCUT2D eigenvalue weighted by Crippen LogP contribution is 2.34. The third-order valence-electron chi connectivity index (χ3n) is 8.82. The largest absolute Gasteiger partial charge is 0.487 e. The molecule has 1 aromatic heterocycles. The molecule has 0 amide bonds. The number of nitrogens with zero attached hydrogens (tertiary/aromatic N) is 5. The van der Waals surface area contributed by atoms with Gasteiger partial charge in [0.1, 0.15) is 24.5 Å². The molecule has 2 N–H and O–H groups in total. The lowest BCUT2D eigenvalue weighted by atomic mass is 10.1. The van der Waals surface area contributed by atoms with E-state index in [1.807, 2.05) is 62.4 Å². The van der Waals surface area contributed by atoms with E-state index in [2.05, 4.69) is 46.7 Å². The third-order valence-corrected chi connectivity index (χ3v) is 9.48. The van der Waals surface area contributed by atoms with Gasteiger partial charge in [-0.05, 0) is 86.1 Å². The number of hydrogen-bond donors (Lipinski definition) is 2. The number of anilines is 1. The van der Waals surface area contributed by atoms with Crippen LogP contribution in [0.4, 0.5) is 18.9 Å². The lowest BCUT2D eigenvalue weighted by Crippen LogP contribution is -2.46. The normalized spacial score (nSPS) is 18.2. The fraction of sp³-hybridized carbons (Fsp3) is 0.405. The molecule has 3 aromatic rings. The first-order valence-electron chi connectivity index (χ1n) is 16.8. The van der Waals surface area contributed by atoms with Crippen molar-refractivity contribution in [3.05, 3.63) is 94.3 Å². The summed E-state index contributed by atoms with van der Waals surface area (Å²) in [5, 5.41) is 8.02. The van der Waals surface area contributed by atoms with E-state index in [4.69, 9.17) is 16.3 Å². The molecular weight excluding hydrogens is 682 g/mol. The van der Waals surface area contributed by atoms with E-state index >= 15 is 0 Å². The molecule has 0 saturated carbocycles. The van der Waals surface area contributed by atoms with E-state index in [0.717, 1.165) is 61.3 Å². The summed E-state index contributed by atoms with van der Waals surface area (Å²) >= 11 is 6.49. The molecule has 2 unspecified atom stereocenters. The SMILES string of the molecule is CC1=CC(n2cc(CNCCN3CCN(C)CC3)c(C(F)(F)F)c2)=CCCC1N=CN=C(C)Nc1ccc(OCc2cccc(P)c2)c(Cl)c1. The Morgan fingerprint density at radius 1 is 1.12 bits per heavy atom. The second-order valence-electron chi connectivity index (χ2n) is 12.8. The molecule has 0 radical (unpaired) electrons. The van der Waals surface area contributed by atoms with Crippen molar-refractivity contribution in [3.63, 3.8) is 0 Å². The first-order chi connectivity index (χ1) is 23.9. The Morgan fingerprint density at radius 3 is 2.66 bits per heavy atom. The average Bonchev–Trinajstić information content (AvgIpc) is 3.42. The molecule has 0 bridgehead atoms. The quantitative estimate of drug-likeness (QED) is 0.0904. The van der Waals surface area contributed by atoms with Gasteiger partial charge in [-0.25, -0.2) is 4.99 Å². The van der Waals surface area contributed by atoms with Crippen molar-refractivity contribution >= 4 is 49.7 Å². The Labute approximate surface area is 300 Å². The Morgan fingerprint density at radius 2 is 1.92 bits per heavy atom. The van der Waals surface area contributed by atoms with Crippen molar-refractivity contribution in [1.82, 2.24) is 19.7 Å². The van der Waals surface area contributed by atoms with Crippen molar-refractivity contribution in [2.75, 3.05) is 51.6 Å². The number of alkyl halides is 3. The highest BCUT2D eigenvalue weighted by Gasteiger charge is 2.35. The minimum absolute atomic E-state index is 0.147. The van der Waals surface area contributed by atoms with Crippen LogP contribution in [0.3, 0.4) is 0 Å².